The summed E-state index contributed by atoms with van der Waals surface area (Å²) in [5.74, 6) is 1.02. The van der Waals surface area contributed by atoms with Gasteiger partial charge in [-0.2, -0.15) is 10.5 Å². The van der Waals surface area contributed by atoms with Crippen molar-refractivity contribution in [2.45, 2.75) is 50.4 Å². The second-order valence-electron chi connectivity index (χ2n) is 7.79. The van der Waals surface area contributed by atoms with Crippen LogP contribution in [0.5, 0.6) is 0 Å². The lowest BCUT2D eigenvalue weighted by molar-refractivity contribution is -0.128. The molecule has 3 rings (SSSR count). The van der Waals surface area contributed by atoms with E-state index in [4.69, 9.17) is 10.5 Å². The number of hydrogen-bond donors (Lipinski definition) is 0. The number of hydrogen-bond acceptors (Lipinski definition) is 7. The summed E-state index contributed by atoms with van der Waals surface area (Å²) in [7, 11) is 0. The molecule has 0 unspecified atom stereocenters. The molecule has 0 atom stereocenters. The van der Waals surface area contributed by atoms with E-state index in [-0.39, 0.29) is 24.5 Å². The fourth-order valence-corrected chi connectivity index (χ4v) is 4.59. The number of likely N-dealkylation sites (tertiary alicyclic amines) is 1. The number of nitrogens with zero attached hydrogens (tertiary/aromatic N) is 7. The molecule has 1 amide bonds. The predicted octanol–water partition coefficient (Wildman–Crippen LogP) is 3.06. The number of carbonyl (C=O) groups excluding carboxylic acids is 1. The Morgan fingerprint density at radius 1 is 1.00 bits per heavy atom. The molecular formula is C23H29N7OS. The third-order valence-corrected chi connectivity index (χ3v) is 6.41. The van der Waals surface area contributed by atoms with Crippen LogP contribution in [0.4, 0.5) is 0 Å². The van der Waals surface area contributed by atoms with Gasteiger partial charge in [-0.3, -0.25) is 9.69 Å². The van der Waals surface area contributed by atoms with Crippen molar-refractivity contribution in [1.82, 2.24) is 24.6 Å². The largest absolute Gasteiger partial charge is 0.340 e. The van der Waals surface area contributed by atoms with Gasteiger partial charge in [-0.1, -0.05) is 48.5 Å². The number of amides is 1. The van der Waals surface area contributed by atoms with E-state index < -0.39 is 0 Å². The Morgan fingerprint density at radius 2 is 1.69 bits per heavy atom. The normalized spacial score (nSPS) is 13.9. The van der Waals surface area contributed by atoms with Gasteiger partial charge < -0.3 is 9.47 Å². The zero-order valence-electron chi connectivity index (χ0n) is 18.3. The molecule has 9 heteroatoms. The Balaban J connectivity index is 1.72. The summed E-state index contributed by atoms with van der Waals surface area (Å²) in [5.41, 5.74) is 1.16. The number of piperidine rings is 1. The average Bonchev–Trinajstić information content (AvgIpc) is 3.19. The second-order valence-corrected chi connectivity index (χ2v) is 8.74. The molecule has 0 aliphatic carbocycles. The first-order valence-electron chi connectivity index (χ1n) is 11.0. The summed E-state index contributed by atoms with van der Waals surface area (Å²) >= 11 is 1.37. The van der Waals surface area contributed by atoms with Crippen molar-refractivity contribution < 1.29 is 4.79 Å². The molecule has 1 aromatic carbocycles. The summed E-state index contributed by atoms with van der Waals surface area (Å²) in [4.78, 5) is 16.7. The van der Waals surface area contributed by atoms with Crippen molar-refractivity contribution in [3.05, 3.63) is 41.7 Å². The smallest absolute Gasteiger partial charge is 0.233 e. The molecular weight excluding hydrogens is 422 g/mol. The van der Waals surface area contributed by atoms with Gasteiger partial charge in [-0.15, -0.1) is 10.2 Å². The zero-order valence-corrected chi connectivity index (χ0v) is 19.1. The summed E-state index contributed by atoms with van der Waals surface area (Å²) in [5, 5.41) is 27.3. The molecule has 0 spiro atoms. The number of rotatable bonds is 11. The molecule has 168 valence electrons. The highest BCUT2D eigenvalue weighted by Gasteiger charge is 2.20. The topological polar surface area (TPSA) is 102 Å². The summed E-state index contributed by atoms with van der Waals surface area (Å²) < 4.78 is 2.11. The van der Waals surface area contributed by atoms with Crippen molar-refractivity contribution in [2.24, 2.45) is 0 Å². The van der Waals surface area contributed by atoms with Crippen LogP contribution < -0.4 is 0 Å². The molecule has 1 aromatic heterocycles. The molecule has 32 heavy (non-hydrogen) atoms. The number of aromatic nitrogens is 3. The molecule has 0 radical (unpaired) electrons. The maximum Gasteiger partial charge on any atom is 0.233 e. The Morgan fingerprint density at radius 3 is 2.34 bits per heavy atom. The molecule has 0 N–H and O–H groups in total. The number of benzene rings is 1. The minimum Gasteiger partial charge on any atom is -0.340 e. The molecule has 1 fully saturated rings. The van der Waals surface area contributed by atoms with Crippen LogP contribution in [-0.2, 0) is 17.9 Å². The number of nitriles is 2. The molecule has 2 aromatic rings. The van der Waals surface area contributed by atoms with Crippen LogP contribution in [0.2, 0.25) is 0 Å². The number of carbonyl (C=O) groups is 1. The Bertz CT molecular complexity index is 923. The van der Waals surface area contributed by atoms with Gasteiger partial charge in [0.15, 0.2) is 5.16 Å². The van der Waals surface area contributed by atoms with E-state index in [0.29, 0.717) is 19.6 Å². The van der Waals surface area contributed by atoms with Gasteiger partial charge in [-0.05, 0) is 31.5 Å². The highest BCUT2D eigenvalue weighted by atomic mass is 32.2. The van der Waals surface area contributed by atoms with Crippen LogP contribution in [0, 0.1) is 22.7 Å². The van der Waals surface area contributed by atoms with Crippen molar-refractivity contribution in [3.63, 3.8) is 0 Å². The monoisotopic (exact) mass is 451 g/mol. The quantitative estimate of drug-likeness (QED) is 0.484. The van der Waals surface area contributed by atoms with E-state index in [2.05, 4.69) is 43.9 Å². The molecule has 2 heterocycles. The minimum atomic E-state index is -0.0904. The van der Waals surface area contributed by atoms with Gasteiger partial charge in [-0.25, -0.2) is 0 Å². The van der Waals surface area contributed by atoms with Crippen molar-refractivity contribution in [1.29, 1.82) is 10.5 Å². The molecule has 8 nitrogen and oxygen atoms in total. The Hall–Kier alpha value is -2.88. The van der Waals surface area contributed by atoms with Crippen molar-refractivity contribution >= 4 is 17.7 Å². The highest BCUT2D eigenvalue weighted by Crippen LogP contribution is 2.21. The van der Waals surface area contributed by atoms with E-state index in [1.165, 1.54) is 31.0 Å². The maximum absolute atomic E-state index is 12.7. The predicted molar refractivity (Wildman–Crippen MR) is 122 cm³/mol. The van der Waals surface area contributed by atoms with Gasteiger partial charge in [0.2, 0.25) is 5.91 Å². The second kappa shape index (κ2) is 12.8. The molecule has 1 saturated heterocycles. The van der Waals surface area contributed by atoms with Crippen LogP contribution in [-0.4, -0.2) is 62.4 Å². The lowest BCUT2D eigenvalue weighted by Gasteiger charge is -2.26. The van der Waals surface area contributed by atoms with Crippen LogP contribution in [0.1, 0.15) is 43.5 Å². The minimum absolute atomic E-state index is 0.0904. The fraction of sp³-hybridized carbons (Fsp3) is 0.522. The SMILES string of the molecule is N#CCCN(CCC#N)C(=O)CSc1nnc(CN2CCCCC2)n1Cc1ccccc1. The van der Waals surface area contributed by atoms with E-state index in [9.17, 15) is 4.79 Å². The third-order valence-electron chi connectivity index (χ3n) is 5.46. The Labute approximate surface area is 193 Å². The maximum atomic E-state index is 12.7. The first-order valence-corrected chi connectivity index (χ1v) is 12.0. The van der Waals surface area contributed by atoms with Gasteiger partial charge in [0, 0.05) is 13.1 Å². The van der Waals surface area contributed by atoms with Crippen molar-refractivity contribution in [3.8, 4) is 12.1 Å². The molecule has 1 aliphatic heterocycles. The van der Waals surface area contributed by atoms with Crippen LogP contribution in [0.3, 0.4) is 0 Å². The van der Waals surface area contributed by atoms with E-state index in [0.717, 1.165) is 36.2 Å². The lowest BCUT2D eigenvalue weighted by Crippen LogP contribution is -2.34. The third kappa shape index (κ3) is 7.08. The molecule has 1 aliphatic rings. The summed E-state index contributed by atoms with van der Waals surface area (Å²) in [6.07, 6.45) is 4.22. The fourth-order valence-electron chi connectivity index (χ4n) is 3.73. The van der Waals surface area contributed by atoms with Gasteiger partial charge >= 0.3 is 0 Å². The van der Waals surface area contributed by atoms with Gasteiger partial charge in [0.05, 0.1) is 43.8 Å². The van der Waals surface area contributed by atoms with Gasteiger partial charge in [0.25, 0.3) is 0 Å². The number of thioether (sulfide) groups is 1. The van der Waals surface area contributed by atoms with E-state index in [1.807, 2.05) is 18.2 Å². The van der Waals surface area contributed by atoms with E-state index >= 15 is 0 Å². The Kier molecular flexibility index (Phi) is 9.55. The first-order chi connectivity index (χ1) is 15.7. The summed E-state index contributed by atoms with van der Waals surface area (Å²) in [6, 6.07) is 14.3. The zero-order chi connectivity index (χ0) is 22.6. The summed E-state index contributed by atoms with van der Waals surface area (Å²) in [6.45, 7) is 4.24. The molecule has 0 saturated carbocycles. The van der Waals surface area contributed by atoms with Crippen LogP contribution >= 0.6 is 11.8 Å². The highest BCUT2D eigenvalue weighted by molar-refractivity contribution is 7.99. The van der Waals surface area contributed by atoms with Crippen LogP contribution in [0.15, 0.2) is 35.5 Å². The lowest BCUT2D eigenvalue weighted by atomic mass is 10.1. The van der Waals surface area contributed by atoms with E-state index in [1.54, 1.807) is 4.90 Å². The standard InChI is InChI=1S/C23H29N7OS/c24-11-7-15-29(16-8-12-25)22(31)19-32-23-27-26-21(18-28-13-5-2-6-14-28)30(23)17-20-9-3-1-4-10-20/h1,3-4,9-10H,2,5-8,13-19H2. The van der Waals surface area contributed by atoms with Gasteiger partial charge in [0.1, 0.15) is 5.82 Å². The van der Waals surface area contributed by atoms with Crippen LogP contribution in [0.25, 0.3) is 0 Å². The average molecular weight is 452 g/mol. The molecule has 0 bridgehead atoms. The first kappa shape index (κ1) is 23.8. The van der Waals surface area contributed by atoms with Crippen molar-refractivity contribution in [2.75, 3.05) is 31.9 Å².